The number of benzene rings is 1. The van der Waals surface area contributed by atoms with E-state index in [-0.39, 0.29) is 22.7 Å². The molecule has 0 aliphatic heterocycles. The van der Waals surface area contributed by atoms with Crippen molar-refractivity contribution in [3.05, 3.63) is 53.7 Å². The van der Waals surface area contributed by atoms with E-state index in [9.17, 15) is 16.8 Å². The lowest BCUT2D eigenvalue weighted by atomic mass is 10.1. The van der Waals surface area contributed by atoms with Crippen molar-refractivity contribution < 1.29 is 16.8 Å². The number of aromatic nitrogens is 1. The summed E-state index contributed by atoms with van der Waals surface area (Å²) < 4.78 is 54.0. The van der Waals surface area contributed by atoms with Crippen LogP contribution in [0.1, 0.15) is 51.7 Å². The second-order valence-electron chi connectivity index (χ2n) is 7.89. The van der Waals surface area contributed by atoms with E-state index in [2.05, 4.69) is 19.7 Å². The lowest BCUT2D eigenvalue weighted by Crippen LogP contribution is -2.32. The predicted octanol–water partition coefficient (Wildman–Crippen LogP) is 2.99. The van der Waals surface area contributed by atoms with Crippen LogP contribution >= 0.6 is 0 Å². The Morgan fingerprint density at radius 3 is 2.10 bits per heavy atom. The van der Waals surface area contributed by atoms with Gasteiger partial charge < -0.3 is 5.32 Å². The third-order valence-corrected chi connectivity index (χ3v) is 7.51. The average Bonchev–Trinajstić information content (AvgIpc) is 2.66. The molecule has 1 atom stereocenters. The van der Waals surface area contributed by atoms with Crippen molar-refractivity contribution in [2.75, 3.05) is 5.32 Å². The molecule has 10 heteroatoms. The van der Waals surface area contributed by atoms with Crippen molar-refractivity contribution in [3.63, 3.8) is 0 Å². The first-order chi connectivity index (χ1) is 14.5. The highest BCUT2D eigenvalue weighted by Gasteiger charge is 2.17. The fourth-order valence-electron chi connectivity index (χ4n) is 3.03. The van der Waals surface area contributed by atoms with Gasteiger partial charge in [-0.1, -0.05) is 37.6 Å². The molecule has 0 radical (unpaired) electrons. The molecule has 0 spiro atoms. The number of pyridine rings is 1. The van der Waals surface area contributed by atoms with Crippen LogP contribution in [0.15, 0.2) is 47.5 Å². The second-order valence-corrected chi connectivity index (χ2v) is 11.4. The summed E-state index contributed by atoms with van der Waals surface area (Å²) >= 11 is 0. The summed E-state index contributed by atoms with van der Waals surface area (Å²) in [4.78, 5) is 4.32. The smallest absolute Gasteiger partial charge is 0.242 e. The van der Waals surface area contributed by atoms with Crippen molar-refractivity contribution in [1.29, 1.82) is 0 Å². The summed E-state index contributed by atoms with van der Waals surface area (Å²) in [6.07, 6.45) is 3.00. The average molecular weight is 469 g/mol. The van der Waals surface area contributed by atoms with E-state index in [4.69, 9.17) is 0 Å². The third kappa shape index (κ3) is 8.56. The Morgan fingerprint density at radius 1 is 0.903 bits per heavy atom. The minimum Gasteiger partial charge on any atom is -0.366 e. The molecule has 2 rings (SSSR count). The molecule has 0 amide bonds. The fraction of sp³-hybridized carbons (Fsp3) is 0.476. The van der Waals surface area contributed by atoms with Crippen LogP contribution in [-0.4, -0.2) is 33.9 Å². The van der Waals surface area contributed by atoms with Gasteiger partial charge in [0.15, 0.2) is 0 Å². The Kier molecular flexibility index (Phi) is 8.99. The van der Waals surface area contributed by atoms with Gasteiger partial charge in [0.25, 0.3) is 0 Å². The Labute approximate surface area is 186 Å². The molecule has 0 aliphatic rings. The first-order valence-electron chi connectivity index (χ1n) is 10.3. The highest BCUT2D eigenvalue weighted by atomic mass is 32.2. The van der Waals surface area contributed by atoms with Gasteiger partial charge in [-0.3, -0.25) is 0 Å². The van der Waals surface area contributed by atoms with Gasteiger partial charge in [0.2, 0.25) is 20.0 Å². The number of sulfonamides is 2. The molecular weight excluding hydrogens is 436 g/mol. The Morgan fingerprint density at radius 2 is 1.55 bits per heavy atom. The summed E-state index contributed by atoms with van der Waals surface area (Å²) in [5, 5.41) is 3.14. The zero-order valence-corrected chi connectivity index (χ0v) is 20.1. The zero-order chi connectivity index (χ0) is 23.1. The summed E-state index contributed by atoms with van der Waals surface area (Å²) in [7, 11) is -6.95. The van der Waals surface area contributed by atoms with E-state index >= 15 is 0 Å². The van der Waals surface area contributed by atoms with E-state index in [1.54, 1.807) is 32.0 Å². The fourth-order valence-corrected chi connectivity index (χ4v) is 5.69. The van der Waals surface area contributed by atoms with Crippen LogP contribution in [0, 0.1) is 0 Å². The van der Waals surface area contributed by atoms with Gasteiger partial charge in [-0.2, -0.15) is 0 Å². The standard InChI is InChI=1S/C21H32N4O4S2/c1-5-6-17(4)25-31(28,29)20-11-12-21(23-14-20)22-13-18-7-9-19(10-8-18)15-30(26,27)24-16(2)3/h7-12,14,16-17,24-25H,5-6,13,15H2,1-4H3,(H,22,23). The van der Waals surface area contributed by atoms with Crippen LogP contribution < -0.4 is 14.8 Å². The van der Waals surface area contributed by atoms with Crippen LogP contribution in [0.5, 0.6) is 0 Å². The molecule has 0 bridgehead atoms. The molecule has 0 saturated heterocycles. The normalized spacial score (nSPS) is 13.3. The van der Waals surface area contributed by atoms with Gasteiger partial charge in [-0.25, -0.2) is 31.3 Å². The van der Waals surface area contributed by atoms with E-state index in [1.165, 1.54) is 12.3 Å². The van der Waals surface area contributed by atoms with Gasteiger partial charge in [0.05, 0.1) is 5.75 Å². The number of nitrogens with one attached hydrogen (secondary N) is 3. The molecule has 0 fully saturated rings. The van der Waals surface area contributed by atoms with Crippen molar-refractivity contribution in [2.24, 2.45) is 0 Å². The lowest BCUT2D eigenvalue weighted by Gasteiger charge is -2.13. The van der Waals surface area contributed by atoms with Gasteiger partial charge in [0, 0.05) is 24.8 Å². The van der Waals surface area contributed by atoms with Crippen LogP contribution in [0.2, 0.25) is 0 Å². The number of rotatable bonds is 12. The quantitative estimate of drug-likeness (QED) is 0.441. The lowest BCUT2D eigenvalue weighted by molar-refractivity contribution is 0.543. The molecule has 1 heterocycles. The van der Waals surface area contributed by atoms with Gasteiger partial charge >= 0.3 is 0 Å². The molecule has 31 heavy (non-hydrogen) atoms. The molecule has 1 unspecified atom stereocenters. The summed E-state index contributed by atoms with van der Waals surface area (Å²) in [5.74, 6) is 0.481. The monoisotopic (exact) mass is 468 g/mol. The minimum atomic E-state index is -3.59. The Bertz CT molecular complexity index is 1040. The van der Waals surface area contributed by atoms with Gasteiger partial charge in [0.1, 0.15) is 10.7 Å². The highest BCUT2D eigenvalue weighted by Crippen LogP contribution is 2.14. The number of anilines is 1. The molecule has 8 nitrogen and oxygen atoms in total. The summed E-state index contributed by atoms with van der Waals surface area (Å²) in [5.41, 5.74) is 1.65. The molecule has 0 saturated carbocycles. The van der Waals surface area contributed by atoms with Crippen molar-refractivity contribution in [1.82, 2.24) is 14.4 Å². The van der Waals surface area contributed by atoms with Crippen molar-refractivity contribution in [3.8, 4) is 0 Å². The Balaban J connectivity index is 1.93. The van der Waals surface area contributed by atoms with Gasteiger partial charge in [-0.05, 0) is 50.5 Å². The second kappa shape index (κ2) is 11.0. The molecule has 172 valence electrons. The SMILES string of the molecule is CCCC(C)NS(=O)(=O)c1ccc(NCc2ccc(CS(=O)(=O)NC(C)C)cc2)nc1. The molecule has 0 aliphatic carbocycles. The summed E-state index contributed by atoms with van der Waals surface area (Å²) in [6, 6.07) is 10.1. The maximum Gasteiger partial charge on any atom is 0.242 e. The third-order valence-electron chi connectivity index (χ3n) is 4.39. The van der Waals surface area contributed by atoms with E-state index < -0.39 is 20.0 Å². The molecule has 3 N–H and O–H groups in total. The van der Waals surface area contributed by atoms with Crippen LogP contribution in [0.25, 0.3) is 0 Å². The number of hydrogen-bond donors (Lipinski definition) is 3. The minimum absolute atomic E-state index is 0.0682. The first-order valence-corrected chi connectivity index (χ1v) is 13.4. The highest BCUT2D eigenvalue weighted by molar-refractivity contribution is 7.89. The zero-order valence-electron chi connectivity index (χ0n) is 18.4. The van der Waals surface area contributed by atoms with Crippen molar-refractivity contribution >= 4 is 25.9 Å². The molecule has 1 aromatic carbocycles. The predicted molar refractivity (Wildman–Crippen MR) is 124 cm³/mol. The first kappa shape index (κ1) is 25.3. The topological polar surface area (TPSA) is 117 Å². The van der Waals surface area contributed by atoms with Crippen molar-refractivity contribution in [2.45, 2.75) is 69.8 Å². The van der Waals surface area contributed by atoms with Crippen LogP contribution in [0.3, 0.4) is 0 Å². The van der Waals surface area contributed by atoms with Gasteiger partial charge in [-0.15, -0.1) is 0 Å². The van der Waals surface area contributed by atoms with E-state index in [0.29, 0.717) is 17.9 Å². The largest absolute Gasteiger partial charge is 0.366 e. The summed E-state index contributed by atoms with van der Waals surface area (Å²) in [6.45, 7) is 7.89. The molecular formula is C21H32N4O4S2. The van der Waals surface area contributed by atoms with E-state index in [0.717, 1.165) is 18.4 Å². The maximum absolute atomic E-state index is 12.4. The molecule has 1 aromatic heterocycles. The van der Waals surface area contributed by atoms with Crippen LogP contribution in [-0.2, 0) is 32.3 Å². The molecule has 2 aromatic rings. The van der Waals surface area contributed by atoms with Crippen LogP contribution in [0.4, 0.5) is 5.82 Å². The number of nitrogens with zero attached hydrogens (tertiary/aromatic N) is 1. The maximum atomic E-state index is 12.4. The number of hydrogen-bond acceptors (Lipinski definition) is 6. The Hall–Kier alpha value is -2.01. The van der Waals surface area contributed by atoms with E-state index in [1.807, 2.05) is 26.0 Å².